The molecule has 7 heteroatoms. The summed E-state index contributed by atoms with van der Waals surface area (Å²) in [7, 11) is 0. The largest absolute Gasteiger partial charge is 0.484 e. The molecule has 1 fully saturated rings. The number of amides is 2. The number of aliphatic carboxylic acids is 1. The molecular formula is C22H22N2O5. The maximum atomic E-state index is 12.8. The Bertz CT molecular complexity index is 958. The lowest BCUT2D eigenvalue weighted by Gasteiger charge is -2.34. The SMILES string of the molecule is O=C(O)C1c2ccccc2CCN1C(=O)COc1cccc(N2CCCC2=O)c1. The molecule has 4 rings (SSSR count). The first-order chi connectivity index (χ1) is 14.0. The van der Waals surface area contributed by atoms with E-state index in [-0.39, 0.29) is 18.4 Å². The predicted molar refractivity (Wildman–Crippen MR) is 106 cm³/mol. The van der Waals surface area contributed by atoms with Crippen molar-refractivity contribution in [3.8, 4) is 5.75 Å². The topological polar surface area (TPSA) is 87.2 Å². The van der Waals surface area contributed by atoms with E-state index in [4.69, 9.17) is 4.74 Å². The molecule has 150 valence electrons. The standard InChI is InChI=1S/C22H22N2O5/c25-19-9-4-11-23(19)16-6-3-7-17(13-16)29-14-20(26)24-12-10-15-5-1-2-8-18(15)21(24)22(27)28/h1-3,5-8,13,21H,4,9-12,14H2,(H,27,28). The Morgan fingerprint density at radius 1 is 1.07 bits per heavy atom. The summed E-state index contributed by atoms with van der Waals surface area (Å²) in [5.74, 6) is -0.885. The molecule has 7 nitrogen and oxygen atoms in total. The zero-order chi connectivity index (χ0) is 20.4. The van der Waals surface area contributed by atoms with Crippen molar-refractivity contribution in [1.29, 1.82) is 0 Å². The predicted octanol–water partition coefficient (Wildman–Crippen LogP) is 2.40. The Labute approximate surface area is 168 Å². The summed E-state index contributed by atoms with van der Waals surface area (Å²) in [6.45, 7) is 0.747. The number of rotatable bonds is 5. The molecule has 0 spiro atoms. The second-order valence-corrected chi connectivity index (χ2v) is 7.21. The van der Waals surface area contributed by atoms with Gasteiger partial charge in [-0.15, -0.1) is 0 Å². The van der Waals surface area contributed by atoms with E-state index in [1.54, 1.807) is 35.2 Å². The van der Waals surface area contributed by atoms with E-state index in [1.165, 1.54) is 4.90 Å². The number of ether oxygens (including phenoxy) is 1. The fourth-order valence-electron chi connectivity index (χ4n) is 3.99. The van der Waals surface area contributed by atoms with E-state index in [2.05, 4.69) is 0 Å². The smallest absolute Gasteiger partial charge is 0.331 e. The molecule has 0 radical (unpaired) electrons. The van der Waals surface area contributed by atoms with Crippen LogP contribution in [0.3, 0.4) is 0 Å². The fourth-order valence-corrected chi connectivity index (χ4v) is 3.99. The third-order valence-electron chi connectivity index (χ3n) is 5.40. The van der Waals surface area contributed by atoms with Gasteiger partial charge in [0, 0.05) is 31.3 Å². The van der Waals surface area contributed by atoms with Gasteiger partial charge in [0.25, 0.3) is 5.91 Å². The molecule has 2 aliphatic heterocycles. The highest BCUT2D eigenvalue weighted by atomic mass is 16.5. The van der Waals surface area contributed by atoms with Gasteiger partial charge in [0.1, 0.15) is 5.75 Å². The van der Waals surface area contributed by atoms with Gasteiger partial charge >= 0.3 is 5.97 Å². The molecule has 0 bridgehead atoms. The molecule has 1 atom stereocenters. The van der Waals surface area contributed by atoms with Crippen molar-refractivity contribution >= 4 is 23.5 Å². The van der Waals surface area contributed by atoms with Gasteiger partial charge in [-0.2, -0.15) is 0 Å². The van der Waals surface area contributed by atoms with Crippen LogP contribution in [0.25, 0.3) is 0 Å². The minimum Gasteiger partial charge on any atom is -0.484 e. The number of carbonyl (C=O) groups excluding carboxylic acids is 2. The zero-order valence-corrected chi connectivity index (χ0v) is 15.9. The first-order valence-electron chi connectivity index (χ1n) is 9.68. The summed E-state index contributed by atoms with van der Waals surface area (Å²) in [6, 6.07) is 13.4. The lowest BCUT2D eigenvalue weighted by molar-refractivity contribution is -0.152. The Hall–Kier alpha value is -3.35. The van der Waals surface area contributed by atoms with Gasteiger partial charge in [0.2, 0.25) is 5.91 Å². The van der Waals surface area contributed by atoms with Crippen LogP contribution < -0.4 is 9.64 Å². The lowest BCUT2D eigenvalue weighted by Crippen LogP contribution is -2.45. The molecule has 1 N–H and O–H groups in total. The summed E-state index contributed by atoms with van der Waals surface area (Å²) in [4.78, 5) is 39.6. The molecular weight excluding hydrogens is 372 g/mol. The highest BCUT2D eigenvalue weighted by Gasteiger charge is 2.35. The maximum absolute atomic E-state index is 12.8. The number of carboxylic acid groups (broad SMARTS) is 1. The van der Waals surface area contributed by atoms with Gasteiger partial charge in [0.15, 0.2) is 12.6 Å². The second kappa shape index (κ2) is 7.95. The van der Waals surface area contributed by atoms with Gasteiger partial charge in [-0.05, 0) is 36.1 Å². The number of carboxylic acids is 1. The summed E-state index contributed by atoms with van der Waals surface area (Å²) in [5, 5.41) is 9.70. The van der Waals surface area contributed by atoms with Crippen LogP contribution in [-0.4, -0.2) is 47.5 Å². The van der Waals surface area contributed by atoms with Gasteiger partial charge in [-0.3, -0.25) is 9.59 Å². The molecule has 29 heavy (non-hydrogen) atoms. The van der Waals surface area contributed by atoms with E-state index < -0.39 is 12.0 Å². The van der Waals surface area contributed by atoms with Crippen LogP contribution in [0.4, 0.5) is 5.69 Å². The van der Waals surface area contributed by atoms with Crippen LogP contribution in [0, 0.1) is 0 Å². The van der Waals surface area contributed by atoms with Crippen molar-refractivity contribution < 1.29 is 24.2 Å². The molecule has 2 aromatic carbocycles. The van der Waals surface area contributed by atoms with Crippen LogP contribution in [0.2, 0.25) is 0 Å². The van der Waals surface area contributed by atoms with Crippen LogP contribution in [0.5, 0.6) is 5.75 Å². The van der Waals surface area contributed by atoms with Gasteiger partial charge < -0.3 is 19.6 Å². The third-order valence-corrected chi connectivity index (χ3v) is 5.40. The minimum absolute atomic E-state index is 0.0782. The van der Waals surface area contributed by atoms with Crippen molar-refractivity contribution in [1.82, 2.24) is 4.90 Å². The van der Waals surface area contributed by atoms with E-state index in [0.29, 0.717) is 37.2 Å². The van der Waals surface area contributed by atoms with E-state index in [9.17, 15) is 19.5 Å². The average Bonchev–Trinajstić information content (AvgIpc) is 3.17. The third kappa shape index (κ3) is 3.81. The number of benzene rings is 2. The zero-order valence-electron chi connectivity index (χ0n) is 15.9. The van der Waals surface area contributed by atoms with Crippen molar-refractivity contribution in [2.24, 2.45) is 0 Å². The number of fused-ring (bicyclic) bond motifs is 1. The number of carbonyl (C=O) groups is 3. The second-order valence-electron chi connectivity index (χ2n) is 7.21. The van der Waals surface area contributed by atoms with Crippen molar-refractivity contribution in [3.63, 3.8) is 0 Å². The van der Waals surface area contributed by atoms with Crippen molar-refractivity contribution in [3.05, 3.63) is 59.7 Å². The normalized spacial score (nSPS) is 18.5. The van der Waals surface area contributed by atoms with Gasteiger partial charge in [-0.25, -0.2) is 4.79 Å². The number of anilines is 1. The first-order valence-corrected chi connectivity index (χ1v) is 9.68. The fraction of sp³-hybridized carbons (Fsp3) is 0.318. The van der Waals surface area contributed by atoms with Crippen LogP contribution in [0.1, 0.15) is 30.0 Å². The molecule has 2 heterocycles. The summed E-state index contributed by atoms with van der Waals surface area (Å²) < 4.78 is 5.65. The summed E-state index contributed by atoms with van der Waals surface area (Å²) in [6.07, 6.45) is 1.98. The molecule has 1 saturated heterocycles. The van der Waals surface area contributed by atoms with Gasteiger partial charge in [0.05, 0.1) is 0 Å². The summed E-state index contributed by atoms with van der Waals surface area (Å²) in [5.41, 5.74) is 2.34. The van der Waals surface area contributed by atoms with Crippen molar-refractivity contribution in [2.45, 2.75) is 25.3 Å². The number of nitrogens with zero attached hydrogens (tertiary/aromatic N) is 2. The van der Waals surface area contributed by atoms with Crippen LogP contribution in [-0.2, 0) is 20.8 Å². The Balaban J connectivity index is 1.46. The van der Waals surface area contributed by atoms with E-state index in [1.807, 2.05) is 18.2 Å². The monoisotopic (exact) mass is 394 g/mol. The average molecular weight is 394 g/mol. The van der Waals surface area contributed by atoms with Gasteiger partial charge in [-0.1, -0.05) is 30.3 Å². The Morgan fingerprint density at radius 2 is 1.90 bits per heavy atom. The number of hydrogen-bond donors (Lipinski definition) is 1. The first kappa shape index (κ1) is 19.0. The van der Waals surface area contributed by atoms with Crippen molar-refractivity contribution in [2.75, 3.05) is 24.6 Å². The molecule has 1 unspecified atom stereocenters. The molecule has 0 aromatic heterocycles. The highest BCUT2D eigenvalue weighted by molar-refractivity contribution is 5.95. The lowest BCUT2D eigenvalue weighted by atomic mass is 9.92. The maximum Gasteiger partial charge on any atom is 0.331 e. The highest BCUT2D eigenvalue weighted by Crippen LogP contribution is 2.30. The quantitative estimate of drug-likeness (QED) is 0.842. The molecule has 2 aliphatic rings. The van der Waals surface area contributed by atoms with E-state index in [0.717, 1.165) is 17.7 Å². The summed E-state index contributed by atoms with van der Waals surface area (Å²) >= 11 is 0. The van der Waals surface area contributed by atoms with E-state index >= 15 is 0 Å². The Kier molecular flexibility index (Phi) is 5.20. The molecule has 2 aromatic rings. The Morgan fingerprint density at radius 3 is 2.66 bits per heavy atom. The number of hydrogen-bond acceptors (Lipinski definition) is 4. The van der Waals surface area contributed by atoms with Crippen LogP contribution >= 0.6 is 0 Å². The molecule has 0 aliphatic carbocycles. The molecule has 2 amide bonds. The molecule has 0 saturated carbocycles. The van der Waals surface area contributed by atoms with Crippen LogP contribution in [0.15, 0.2) is 48.5 Å². The minimum atomic E-state index is -1.06.